The van der Waals surface area contributed by atoms with E-state index in [9.17, 15) is 4.79 Å². The van der Waals surface area contributed by atoms with E-state index in [1.165, 1.54) is 64.2 Å². The minimum atomic E-state index is -0.0333. The second-order valence-electron chi connectivity index (χ2n) is 10.6. The van der Waals surface area contributed by atoms with E-state index in [4.69, 9.17) is 14.5 Å². The van der Waals surface area contributed by atoms with E-state index < -0.39 is 0 Å². The quantitative estimate of drug-likeness (QED) is 0.181. The monoisotopic (exact) mass is 420 g/mol. The predicted octanol–water partition coefficient (Wildman–Crippen LogP) is 7.13. The molecule has 0 N–H and O–H groups in total. The molecular formula is C26H44O4. The largest absolute Gasteiger partial charge is 0.431 e. The Kier molecular flexibility index (Phi) is 9.25. The molecule has 0 saturated heterocycles. The highest BCUT2D eigenvalue weighted by atomic mass is 17.2. The lowest BCUT2D eigenvalue weighted by molar-refractivity contribution is -0.347. The first-order valence-electron chi connectivity index (χ1n) is 12.6. The van der Waals surface area contributed by atoms with E-state index in [1.54, 1.807) is 0 Å². The Morgan fingerprint density at radius 1 is 0.967 bits per heavy atom. The van der Waals surface area contributed by atoms with Gasteiger partial charge in [0.2, 0.25) is 0 Å². The molecule has 0 radical (unpaired) electrons. The zero-order chi connectivity index (χ0) is 21.4. The summed E-state index contributed by atoms with van der Waals surface area (Å²) in [7, 11) is 0. The summed E-state index contributed by atoms with van der Waals surface area (Å²) >= 11 is 0. The van der Waals surface area contributed by atoms with Crippen LogP contribution in [0.4, 0.5) is 0 Å². The topological polar surface area (TPSA) is 44.8 Å². The smallest absolute Gasteiger partial charge is 0.313 e. The Bertz CT molecular complexity index is 549. The van der Waals surface area contributed by atoms with Gasteiger partial charge in [-0.2, -0.15) is 0 Å². The summed E-state index contributed by atoms with van der Waals surface area (Å²) in [6.45, 7) is 7.07. The summed E-state index contributed by atoms with van der Waals surface area (Å²) in [5.41, 5.74) is 0.253. The third-order valence-corrected chi connectivity index (χ3v) is 8.06. The molecule has 1 unspecified atom stereocenters. The molecule has 0 amide bonds. The van der Waals surface area contributed by atoms with E-state index in [-0.39, 0.29) is 23.4 Å². The van der Waals surface area contributed by atoms with Gasteiger partial charge in [0.1, 0.15) is 5.76 Å². The fourth-order valence-electron chi connectivity index (χ4n) is 5.59. The minimum absolute atomic E-state index is 0.0333. The number of carbonyl (C=O) groups is 1. The molecule has 0 aliphatic heterocycles. The van der Waals surface area contributed by atoms with E-state index in [0.717, 1.165) is 31.4 Å². The standard InChI is InChI=1S/C26H44O4/c1-20(18-22-10-6-4-7-11-22)29-25(27)24-14-12-23(13-15-24)19-28-30-21(2)26(3)16-8-5-9-17-26/h18,21-24H,4-17,19H2,1-3H3/b20-18+. The van der Waals surface area contributed by atoms with Crippen LogP contribution in [-0.2, 0) is 19.3 Å². The van der Waals surface area contributed by atoms with E-state index in [0.29, 0.717) is 18.4 Å². The summed E-state index contributed by atoms with van der Waals surface area (Å²) in [6.07, 6.45) is 19.0. The van der Waals surface area contributed by atoms with Gasteiger partial charge in [0.25, 0.3) is 0 Å². The van der Waals surface area contributed by atoms with Gasteiger partial charge >= 0.3 is 5.97 Å². The van der Waals surface area contributed by atoms with Crippen LogP contribution in [0.25, 0.3) is 0 Å². The maximum Gasteiger partial charge on any atom is 0.313 e. The molecule has 0 aromatic rings. The van der Waals surface area contributed by atoms with Crippen molar-refractivity contribution >= 4 is 5.97 Å². The van der Waals surface area contributed by atoms with Crippen molar-refractivity contribution in [1.29, 1.82) is 0 Å². The second-order valence-corrected chi connectivity index (χ2v) is 10.6. The molecule has 172 valence electrons. The fraction of sp³-hybridized carbons (Fsp3) is 0.885. The summed E-state index contributed by atoms with van der Waals surface area (Å²) in [5.74, 6) is 1.89. The van der Waals surface area contributed by atoms with Crippen LogP contribution in [0.1, 0.15) is 111 Å². The molecule has 4 heteroatoms. The molecule has 1 atom stereocenters. The van der Waals surface area contributed by atoms with Crippen LogP contribution >= 0.6 is 0 Å². The molecular weight excluding hydrogens is 376 g/mol. The summed E-state index contributed by atoms with van der Waals surface area (Å²) in [5, 5.41) is 0. The highest BCUT2D eigenvalue weighted by molar-refractivity contribution is 5.73. The predicted molar refractivity (Wildman–Crippen MR) is 120 cm³/mol. The van der Waals surface area contributed by atoms with Crippen molar-refractivity contribution in [3.05, 3.63) is 11.8 Å². The van der Waals surface area contributed by atoms with Gasteiger partial charge in [0.05, 0.1) is 18.6 Å². The Hall–Kier alpha value is -0.870. The molecule has 3 fully saturated rings. The zero-order valence-electron chi connectivity index (χ0n) is 19.6. The van der Waals surface area contributed by atoms with Crippen molar-refractivity contribution < 1.29 is 19.3 Å². The zero-order valence-corrected chi connectivity index (χ0v) is 19.6. The maximum absolute atomic E-state index is 12.6. The van der Waals surface area contributed by atoms with Crippen LogP contribution in [0.3, 0.4) is 0 Å². The summed E-state index contributed by atoms with van der Waals surface area (Å²) < 4.78 is 5.68. The Balaban J connectivity index is 1.32. The Labute approximate surface area is 184 Å². The number of hydrogen-bond acceptors (Lipinski definition) is 4. The van der Waals surface area contributed by atoms with Gasteiger partial charge in [-0.05, 0) is 88.5 Å². The average Bonchev–Trinajstić information content (AvgIpc) is 2.75. The van der Waals surface area contributed by atoms with Gasteiger partial charge in [-0.3, -0.25) is 4.79 Å². The lowest BCUT2D eigenvalue weighted by atomic mass is 9.72. The van der Waals surface area contributed by atoms with Crippen LogP contribution in [0.2, 0.25) is 0 Å². The van der Waals surface area contributed by atoms with E-state index in [2.05, 4.69) is 19.9 Å². The van der Waals surface area contributed by atoms with Crippen LogP contribution in [0, 0.1) is 23.2 Å². The number of esters is 1. The summed E-state index contributed by atoms with van der Waals surface area (Å²) in [4.78, 5) is 24.0. The minimum Gasteiger partial charge on any atom is -0.431 e. The van der Waals surface area contributed by atoms with Crippen molar-refractivity contribution in [3.8, 4) is 0 Å². The number of rotatable bonds is 8. The van der Waals surface area contributed by atoms with Gasteiger partial charge in [0.15, 0.2) is 0 Å². The Morgan fingerprint density at radius 2 is 1.60 bits per heavy atom. The number of ether oxygens (including phenoxy) is 1. The molecule has 30 heavy (non-hydrogen) atoms. The lowest BCUT2D eigenvalue weighted by Crippen LogP contribution is -2.35. The lowest BCUT2D eigenvalue weighted by Gasteiger charge is -2.38. The molecule has 3 saturated carbocycles. The van der Waals surface area contributed by atoms with Crippen LogP contribution < -0.4 is 0 Å². The SMILES string of the molecule is C/C(=C\C1CCCCC1)OC(=O)C1CCC(COOC(C)C2(C)CCCCC2)CC1. The van der Waals surface area contributed by atoms with Crippen molar-refractivity contribution in [2.24, 2.45) is 23.2 Å². The molecule has 4 nitrogen and oxygen atoms in total. The van der Waals surface area contributed by atoms with Crippen molar-refractivity contribution in [1.82, 2.24) is 0 Å². The molecule has 3 rings (SSSR count). The third kappa shape index (κ3) is 7.09. The molecule has 0 bridgehead atoms. The number of hydrogen-bond donors (Lipinski definition) is 0. The second kappa shape index (κ2) is 11.7. The van der Waals surface area contributed by atoms with Gasteiger partial charge in [-0.25, -0.2) is 9.78 Å². The number of carbonyl (C=O) groups excluding carboxylic acids is 1. The third-order valence-electron chi connectivity index (χ3n) is 8.06. The molecule has 3 aliphatic rings. The first-order chi connectivity index (χ1) is 14.5. The van der Waals surface area contributed by atoms with Crippen LogP contribution in [-0.4, -0.2) is 18.7 Å². The van der Waals surface area contributed by atoms with E-state index in [1.807, 2.05) is 6.92 Å². The van der Waals surface area contributed by atoms with Crippen molar-refractivity contribution in [3.63, 3.8) is 0 Å². The average molecular weight is 421 g/mol. The highest BCUT2D eigenvalue weighted by Crippen LogP contribution is 2.40. The van der Waals surface area contributed by atoms with Crippen LogP contribution in [0.15, 0.2) is 11.8 Å². The van der Waals surface area contributed by atoms with Gasteiger partial charge in [-0.1, -0.05) is 45.4 Å². The fourth-order valence-corrected chi connectivity index (χ4v) is 5.59. The molecule has 0 heterocycles. The highest BCUT2D eigenvalue weighted by Gasteiger charge is 2.34. The molecule has 0 aromatic carbocycles. The molecule has 3 aliphatic carbocycles. The number of allylic oxidation sites excluding steroid dienone is 2. The van der Waals surface area contributed by atoms with Crippen LogP contribution in [0.5, 0.6) is 0 Å². The first-order valence-corrected chi connectivity index (χ1v) is 12.6. The molecule has 0 spiro atoms. The summed E-state index contributed by atoms with van der Waals surface area (Å²) in [6, 6.07) is 0. The van der Waals surface area contributed by atoms with Crippen molar-refractivity contribution in [2.45, 2.75) is 117 Å². The van der Waals surface area contributed by atoms with Gasteiger partial charge in [-0.15, -0.1) is 0 Å². The normalized spacial score (nSPS) is 29.4. The van der Waals surface area contributed by atoms with E-state index >= 15 is 0 Å². The Morgan fingerprint density at radius 3 is 2.27 bits per heavy atom. The van der Waals surface area contributed by atoms with Crippen molar-refractivity contribution in [2.75, 3.05) is 6.61 Å². The van der Waals surface area contributed by atoms with Gasteiger partial charge < -0.3 is 4.74 Å². The first kappa shape index (κ1) is 23.8. The van der Waals surface area contributed by atoms with Gasteiger partial charge in [0, 0.05) is 0 Å². The molecule has 0 aromatic heterocycles. The maximum atomic E-state index is 12.6.